The van der Waals surface area contributed by atoms with Gasteiger partial charge >= 0.3 is 5.97 Å². The average Bonchev–Trinajstić information content (AvgIpc) is 2.33. The van der Waals surface area contributed by atoms with E-state index >= 15 is 0 Å². The van der Waals surface area contributed by atoms with E-state index < -0.39 is 5.41 Å². The Kier molecular flexibility index (Phi) is 3.78. The molecule has 2 rings (SSSR count). The second kappa shape index (κ2) is 5.16. The van der Waals surface area contributed by atoms with Crippen LogP contribution in [0.3, 0.4) is 0 Å². The van der Waals surface area contributed by atoms with Gasteiger partial charge in [-0.3, -0.25) is 4.79 Å². The number of carbonyl (C=O) groups is 1. The van der Waals surface area contributed by atoms with Gasteiger partial charge in [0.15, 0.2) is 0 Å². The Morgan fingerprint density at radius 1 is 1.44 bits per heavy atom. The smallest absolute Gasteiger partial charge is 0.318 e. The van der Waals surface area contributed by atoms with E-state index in [1.165, 1.54) is 7.11 Å². The van der Waals surface area contributed by atoms with E-state index in [4.69, 9.17) is 21.1 Å². The van der Waals surface area contributed by atoms with Crippen molar-refractivity contribution in [1.29, 1.82) is 0 Å². The minimum absolute atomic E-state index is 0.213. The number of hydrogen-bond acceptors (Lipinski definition) is 4. The van der Waals surface area contributed by atoms with Crippen LogP contribution in [0.25, 0.3) is 0 Å². The minimum atomic E-state index is -0.539. The highest BCUT2D eigenvalue weighted by Crippen LogP contribution is 2.31. The largest absolute Gasteiger partial charge is 0.468 e. The molecule has 1 heterocycles. The van der Waals surface area contributed by atoms with Gasteiger partial charge in [-0.25, -0.2) is 0 Å². The summed E-state index contributed by atoms with van der Waals surface area (Å²) in [5.41, 5.74) is 0.470. The first kappa shape index (κ1) is 13.2. The van der Waals surface area contributed by atoms with E-state index in [2.05, 4.69) is 0 Å². The summed E-state index contributed by atoms with van der Waals surface area (Å²) in [5.74, 6) is -0.213. The molecule has 0 atom stereocenters. The molecule has 0 aromatic heterocycles. The van der Waals surface area contributed by atoms with Gasteiger partial charge in [0.1, 0.15) is 5.41 Å². The van der Waals surface area contributed by atoms with Crippen molar-refractivity contribution in [2.75, 3.05) is 38.8 Å². The van der Waals surface area contributed by atoms with E-state index in [1.54, 1.807) is 0 Å². The molecule has 1 aliphatic heterocycles. The molecule has 0 unspecified atom stereocenters. The summed E-state index contributed by atoms with van der Waals surface area (Å²) >= 11 is 5.85. The molecule has 4 nitrogen and oxygen atoms in total. The van der Waals surface area contributed by atoms with Crippen molar-refractivity contribution in [2.45, 2.75) is 0 Å². The van der Waals surface area contributed by atoms with Gasteiger partial charge in [0, 0.05) is 24.3 Å². The van der Waals surface area contributed by atoms with Crippen LogP contribution in [0.1, 0.15) is 0 Å². The zero-order valence-corrected chi connectivity index (χ0v) is 11.2. The number of carbonyl (C=O) groups excluding carboxylic acids is 1. The highest BCUT2D eigenvalue weighted by atomic mass is 35.5. The van der Waals surface area contributed by atoms with E-state index in [1.807, 2.05) is 36.2 Å². The van der Waals surface area contributed by atoms with Gasteiger partial charge in [0.25, 0.3) is 0 Å². The van der Waals surface area contributed by atoms with Crippen LogP contribution in [0, 0.1) is 5.41 Å². The monoisotopic (exact) mass is 269 g/mol. The Balaban J connectivity index is 2.08. The van der Waals surface area contributed by atoms with Crippen LogP contribution in [0.2, 0.25) is 5.02 Å². The van der Waals surface area contributed by atoms with Crippen LogP contribution in [0.15, 0.2) is 24.3 Å². The molecule has 0 N–H and O–H groups in total. The first-order valence-corrected chi connectivity index (χ1v) is 6.08. The fourth-order valence-electron chi connectivity index (χ4n) is 2.08. The predicted molar refractivity (Wildman–Crippen MR) is 70.0 cm³/mol. The molecular formula is C13H16ClNO3. The van der Waals surface area contributed by atoms with Crippen LogP contribution in [-0.2, 0) is 14.3 Å². The maximum atomic E-state index is 11.8. The normalized spacial score (nSPS) is 16.8. The second-order valence-corrected chi connectivity index (χ2v) is 5.03. The van der Waals surface area contributed by atoms with E-state index in [0.717, 1.165) is 5.69 Å². The third kappa shape index (κ3) is 2.44. The van der Waals surface area contributed by atoms with Crippen molar-refractivity contribution in [3.63, 3.8) is 0 Å². The Hall–Kier alpha value is -1.26. The second-order valence-electron chi connectivity index (χ2n) is 4.60. The number of anilines is 1. The van der Waals surface area contributed by atoms with Crippen molar-refractivity contribution in [2.24, 2.45) is 5.41 Å². The summed E-state index contributed by atoms with van der Waals surface area (Å²) in [6, 6.07) is 7.50. The van der Waals surface area contributed by atoms with Crippen molar-refractivity contribution in [3.8, 4) is 0 Å². The molecule has 0 bridgehead atoms. The summed E-state index contributed by atoms with van der Waals surface area (Å²) in [6.07, 6.45) is 0. The number of nitrogens with zero attached hydrogens (tertiary/aromatic N) is 1. The molecule has 0 spiro atoms. The van der Waals surface area contributed by atoms with Gasteiger partial charge in [0.05, 0.1) is 20.3 Å². The summed E-state index contributed by atoms with van der Waals surface area (Å²) in [7, 11) is 3.34. The summed E-state index contributed by atoms with van der Waals surface area (Å²) in [6.45, 7) is 1.40. The van der Waals surface area contributed by atoms with Gasteiger partial charge in [0.2, 0.25) is 0 Å². The SMILES string of the molecule is COC(=O)C1(CN(C)c2ccc(Cl)cc2)COC1. The fourth-order valence-corrected chi connectivity index (χ4v) is 2.21. The highest BCUT2D eigenvalue weighted by molar-refractivity contribution is 6.30. The number of methoxy groups -OCH3 is 1. The first-order valence-electron chi connectivity index (χ1n) is 5.70. The molecular weight excluding hydrogens is 254 g/mol. The average molecular weight is 270 g/mol. The lowest BCUT2D eigenvalue weighted by molar-refractivity contribution is -0.180. The Labute approximate surface area is 111 Å². The Morgan fingerprint density at radius 3 is 2.50 bits per heavy atom. The number of esters is 1. The molecule has 1 aromatic rings. The zero-order chi connectivity index (χ0) is 13.2. The minimum Gasteiger partial charge on any atom is -0.468 e. The lowest BCUT2D eigenvalue weighted by Crippen LogP contribution is -2.56. The van der Waals surface area contributed by atoms with Crippen LogP contribution < -0.4 is 4.90 Å². The quantitative estimate of drug-likeness (QED) is 0.784. The van der Waals surface area contributed by atoms with Gasteiger partial charge in [-0.15, -0.1) is 0 Å². The van der Waals surface area contributed by atoms with Gasteiger partial charge in [-0.1, -0.05) is 11.6 Å². The van der Waals surface area contributed by atoms with Gasteiger partial charge in [-0.2, -0.15) is 0 Å². The Morgan fingerprint density at radius 2 is 2.06 bits per heavy atom. The van der Waals surface area contributed by atoms with Crippen molar-refractivity contribution in [3.05, 3.63) is 29.3 Å². The summed E-state index contributed by atoms with van der Waals surface area (Å²) in [5, 5.41) is 0.696. The van der Waals surface area contributed by atoms with Crippen molar-refractivity contribution < 1.29 is 14.3 Å². The van der Waals surface area contributed by atoms with Crippen LogP contribution >= 0.6 is 11.6 Å². The maximum absolute atomic E-state index is 11.8. The molecule has 18 heavy (non-hydrogen) atoms. The van der Waals surface area contributed by atoms with Gasteiger partial charge < -0.3 is 14.4 Å². The molecule has 1 saturated heterocycles. The lowest BCUT2D eigenvalue weighted by Gasteiger charge is -2.41. The van der Waals surface area contributed by atoms with Gasteiger partial charge in [-0.05, 0) is 24.3 Å². The van der Waals surface area contributed by atoms with Crippen molar-refractivity contribution >= 4 is 23.3 Å². The molecule has 1 aromatic carbocycles. The standard InChI is InChI=1S/C13H16ClNO3/c1-15(11-5-3-10(14)4-6-11)7-13(8-18-9-13)12(16)17-2/h3-6H,7-9H2,1-2H3. The molecule has 0 saturated carbocycles. The number of halogens is 1. The molecule has 0 aliphatic carbocycles. The lowest BCUT2D eigenvalue weighted by atomic mass is 9.85. The molecule has 5 heteroatoms. The predicted octanol–water partition coefficient (Wildman–Crippen LogP) is 1.97. The fraction of sp³-hybridized carbons (Fsp3) is 0.462. The van der Waals surface area contributed by atoms with E-state index in [-0.39, 0.29) is 5.97 Å². The van der Waals surface area contributed by atoms with E-state index in [0.29, 0.717) is 24.8 Å². The summed E-state index contributed by atoms with van der Waals surface area (Å²) < 4.78 is 10.0. The molecule has 0 amide bonds. The summed E-state index contributed by atoms with van der Waals surface area (Å²) in [4.78, 5) is 13.8. The number of ether oxygens (including phenoxy) is 2. The number of benzene rings is 1. The van der Waals surface area contributed by atoms with Crippen LogP contribution in [0.5, 0.6) is 0 Å². The topological polar surface area (TPSA) is 38.8 Å². The zero-order valence-electron chi connectivity index (χ0n) is 10.5. The van der Waals surface area contributed by atoms with Crippen molar-refractivity contribution in [1.82, 2.24) is 0 Å². The number of rotatable bonds is 4. The molecule has 1 aliphatic rings. The molecule has 1 fully saturated rings. The van der Waals surface area contributed by atoms with Crippen LogP contribution in [-0.4, -0.2) is 39.9 Å². The first-order chi connectivity index (χ1) is 8.57. The highest BCUT2D eigenvalue weighted by Gasteiger charge is 2.48. The third-order valence-electron chi connectivity index (χ3n) is 3.18. The van der Waals surface area contributed by atoms with Crippen LogP contribution in [0.4, 0.5) is 5.69 Å². The van der Waals surface area contributed by atoms with E-state index in [9.17, 15) is 4.79 Å². The number of hydrogen-bond donors (Lipinski definition) is 0. The maximum Gasteiger partial charge on any atom is 0.318 e. The Bertz CT molecular complexity index is 428. The molecule has 98 valence electrons. The third-order valence-corrected chi connectivity index (χ3v) is 3.43. The molecule has 0 radical (unpaired) electrons.